The zero-order chi connectivity index (χ0) is 23.1. The third-order valence-electron chi connectivity index (χ3n) is 7.72. The maximum Gasteiger partial charge on any atom is 0.0733 e. The van der Waals surface area contributed by atoms with Gasteiger partial charge in [0.25, 0.3) is 0 Å². The molecule has 0 bridgehead atoms. The van der Waals surface area contributed by atoms with Crippen molar-refractivity contribution < 1.29 is 0 Å². The van der Waals surface area contributed by atoms with Crippen LogP contribution in [0.25, 0.3) is 11.1 Å². The molecule has 2 unspecified atom stereocenters. The lowest BCUT2D eigenvalue weighted by atomic mass is 9.67. The van der Waals surface area contributed by atoms with Crippen molar-refractivity contribution >= 4 is 5.69 Å². The molecule has 2 atom stereocenters. The third-order valence-corrected chi connectivity index (χ3v) is 7.72. The number of benzene rings is 4. The fourth-order valence-electron chi connectivity index (χ4n) is 6.15. The molecule has 34 heavy (non-hydrogen) atoms. The van der Waals surface area contributed by atoms with E-state index in [0.29, 0.717) is 11.8 Å². The molecule has 0 aromatic heterocycles. The Morgan fingerprint density at radius 2 is 1.35 bits per heavy atom. The van der Waals surface area contributed by atoms with Gasteiger partial charge in [-0.1, -0.05) is 122 Å². The normalized spacial score (nSPS) is 19.6. The topological polar surface area (TPSA) is 26.0 Å². The second-order valence-corrected chi connectivity index (χ2v) is 9.59. The van der Waals surface area contributed by atoms with E-state index in [0.717, 1.165) is 12.1 Å². The first-order valence-electron chi connectivity index (χ1n) is 12.2. The molecular weight excluding hydrogens is 410 g/mol. The van der Waals surface area contributed by atoms with Gasteiger partial charge in [-0.15, -0.1) is 0 Å². The van der Waals surface area contributed by atoms with E-state index < -0.39 is 5.41 Å². The van der Waals surface area contributed by atoms with E-state index in [9.17, 15) is 0 Å². The molecular formula is C33H29N. The van der Waals surface area contributed by atoms with Crippen molar-refractivity contribution in [2.75, 3.05) is 5.73 Å². The highest BCUT2D eigenvalue weighted by Crippen LogP contribution is 2.58. The van der Waals surface area contributed by atoms with Crippen molar-refractivity contribution in [3.05, 3.63) is 149 Å². The quantitative estimate of drug-likeness (QED) is 0.287. The summed E-state index contributed by atoms with van der Waals surface area (Å²) < 4.78 is 0. The van der Waals surface area contributed by atoms with E-state index in [2.05, 4.69) is 128 Å². The lowest BCUT2D eigenvalue weighted by Crippen LogP contribution is -2.29. The van der Waals surface area contributed by atoms with Crippen molar-refractivity contribution in [1.29, 1.82) is 0 Å². The first-order chi connectivity index (χ1) is 16.7. The first-order valence-corrected chi connectivity index (χ1v) is 12.2. The van der Waals surface area contributed by atoms with Crippen LogP contribution in [0.1, 0.15) is 34.7 Å². The predicted molar refractivity (Wildman–Crippen MR) is 143 cm³/mol. The molecule has 2 aliphatic carbocycles. The molecule has 0 spiro atoms. The summed E-state index contributed by atoms with van der Waals surface area (Å²) in [6, 6.07) is 35.1. The van der Waals surface area contributed by atoms with Crippen LogP contribution in [0.5, 0.6) is 0 Å². The summed E-state index contributed by atoms with van der Waals surface area (Å²) in [4.78, 5) is 0. The minimum absolute atomic E-state index is 0.442. The Morgan fingerprint density at radius 1 is 0.706 bits per heavy atom. The van der Waals surface area contributed by atoms with E-state index >= 15 is 0 Å². The summed E-state index contributed by atoms with van der Waals surface area (Å²) in [6.45, 7) is 2.32. The van der Waals surface area contributed by atoms with Gasteiger partial charge in [-0.2, -0.15) is 0 Å². The molecule has 6 rings (SSSR count). The minimum atomic E-state index is -0.442. The molecule has 2 aliphatic rings. The number of nitrogen functional groups attached to an aromatic ring is 1. The largest absolute Gasteiger partial charge is 0.398 e. The second kappa shape index (κ2) is 8.18. The first kappa shape index (κ1) is 20.7. The number of hydrogen-bond donors (Lipinski definition) is 1. The van der Waals surface area contributed by atoms with Crippen molar-refractivity contribution in [3.8, 4) is 11.1 Å². The van der Waals surface area contributed by atoms with Crippen LogP contribution in [0.2, 0.25) is 0 Å². The highest BCUT2D eigenvalue weighted by atomic mass is 14.6. The monoisotopic (exact) mass is 439 g/mol. The molecule has 2 N–H and O–H groups in total. The molecule has 0 aliphatic heterocycles. The van der Waals surface area contributed by atoms with Crippen LogP contribution in [-0.2, 0) is 11.8 Å². The lowest BCUT2D eigenvalue weighted by Gasteiger charge is -2.34. The summed E-state index contributed by atoms with van der Waals surface area (Å²) in [5, 5.41) is 0. The van der Waals surface area contributed by atoms with Crippen molar-refractivity contribution in [1.82, 2.24) is 0 Å². The molecule has 1 nitrogen and oxygen atoms in total. The van der Waals surface area contributed by atoms with Crippen LogP contribution in [-0.4, -0.2) is 0 Å². The fraction of sp³-hybridized carbons (Fsp3) is 0.152. The van der Waals surface area contributed by atoms with Crippen LogP contribution in [0.4, 0.5) is 5.69 Å². The van der Waals surface area contributed by atoms with Gasteiger partial charge in [0.1, 0.15) is 0 Å². The second-order valence-electron chi connectivity index (χ2n) is 9.59. The molecule has 1 heteroatoms. The van der Waals surface area contributed by atoms with E-state index in [1.54, 1.807) is 0 Å². The van der Waals surface area contributed by atoms with Gasteiger partial charge in [0, 0.05) is 11.3 Å². The molecule has 0 heterocycles. The van der Waals surface area contributed by atoms with Gasteiger partial charge >= 0.3 is 0 Å². The number of nitrogens with two attached hydrogens (primary N) is 1. The zero-order valence-corrected chi connectivity index (χ0v) is 19.5. The van der Waals surface area contributed by atoms with Gasteiger partial charge < -0.3 is 5.73 Å². The molecule has 0 radical (unpaired) electrons. The number of fused-ring (bicyclic) bond motifs is 3. The zero-order valence-electron chi connectivity index (χ0n) is 19.5. The fourth-order valence-corrected chi connectivity index (χ4v) is 6.15. The molecule has 0 fully saturated rings. The Morgan fingerprint density at radius 3 is 2.03 bits per heavy atom. The molecule has 0 saturated heterocycles. The van der Waals surface area contributed by atoms with Gasteiger partial charge in [0.15, 0.2) is 0 Å². The van der Waals surface area contributed by atoms with Crippen LogP contribution >= 0.6 is 0 Å². The van der Waals surface area contributed by atoms with Crippen LogP contribution in [0.3, 0.4) is 0 Å². The third kappa shape index (κ3) is 3.00. The molecule has 4 aromatic rings. The maximum atomic E-state index is 6.84. The van der Waals surface area contributed by atoms with Crippen LogP contribution in [0, 0.1) is 11.8 Å². The standard InChI is InChI=1S/C33H29N/c1-23-12-8-9-13-24(23)22-25-14-10-20-29-31(25)28-19-11-21-30(34)32(28)33(29,26-15-4-2-5-16-26)27-17-6-3-7-18-27/h2-21,23-24H,22,34H2,1H3. The van der Waals surface area contributed by atoms with Crippen molar-refractivity contribution in [2.45, 2.75) is 18.8 Å². The van der Waals surface area contributed by atoms with Crippen LogP contribution in [0.15, 0.2) is 121 Å². The predicted octanol–water partition coefficient (Wildman–Crippen LogP) is 7.55. The Hall–Kier alpha value is -3.84. The Kier molecular flexibility index (Phi) is 4.99. The summed E-state index contributed by atoms with van der Waals surface area (Å²) in [5.74, 6) is 1.01. The molecule has 166 valence electrons. The Balaban J connectivity index is 1.68. The van der Waals surface area contributed by atoms with Gasteiger partial charge in [0.2, 0.25) is 0 Å². The lowest BCUT2D eigenvalue weighted by molar-refractivity contribution is 0.504. The van der Waals surface area contributed by atoms with Gasteiger partial charge in [-0.05, 0) is 57.7 Å². The number of allylic oxidation sites excluding steroid dienone is 4. The van der Waals surface area contributed by atoms with Crippen LogP contribution < -0.4 is 5.73 Å². The maximum absolute atomic E-state index is 6.84. The highest BCUT2D eigenvalue weighted by Gasteiger charge is 2.48. The Labute approximate surface area is 202 Å². The Bertz CT molecular complexity index is 1360. The summed E-state index contributed by atoms with van der Waals surface area (Å²) in [6.07, 6.45) is 10.1. The number of anilines is 1. The average molecular weight is 440 g/mol. The SMILES string of the molecule is CC1C=CC=CC1Cc1cccc2c1-c1cccc(N)c1C2(c1ccccc1)c1ccccc1. The van der Waals surface area contributed by atoms with Gasteiger partial charge in [-0.3, -0.25) is 0 Å². The molecule has 0 amide bonds. The summed E-state index contributed by atoms with van der Waals surface area (Å²) in [7, 11) is 0. The smallest absolute Gasteiger partial charge is 0.0733 e. The summed E-state index contributed by atoms with van der Waals surface area (Å²) >= 11 is 0. The molecule has 4 aromatic carbocycles. The minimum Gasteiger partial charge on any atom is -0.398 e. The van der Waals surface area contributed by atoms with Gasteiger partial charge in [-0.25, -0.2) is 0 Å². The number of rotatable bonds is 4. The molecule has 0 saturated carbocycles. The summed E-state index contributed by atoms with van der Waals surface area (Å²) in [5.41, 5.74) is 16.3. The average Bonchev–Trinajstić information content (AvgIpc) is 3.20. The van der Waals surface area contributed by atoms with Crippen molar-refractivity contribution in [3.63, 3.8) is 0 Å². The van der Waals surface area contributed by atoms with E-state index in [-0.39, 0.29) is 0 Å². The van der Waals surface area contributed by atoms with E-state index in [1.165, 1.54) is 38.9 Å². The van der Waals surface area contributed by atoms with E-state index in [4.69, 9.17) is 5.73 Å². The highest BCUT2D eigenvalue weighted by molar-refractivity contribution is 5.91. The van der Waals surface area contributed by atoms with E-state index in [1.807, 2.05) is 0 Å². The number of hydrogen-bond acceptors (Lipinski definition) is 1. The van der Waals surface area contributed by atoms with Crippen molar-refractivity contribution in [2.24, 2.45) is 11.8 Å². The van der Waals surface area contributed by atoms with Gasteiger partial charge in [0.05, 0.1) is 5.41 Å².